The number of ether oxygens (including phenoxy) is 2. The van der Waals surface area contributed by atoms with Gasteiger partial charge in [-0.3, -0.25) is 0 Å². The van der Waals surface area contributed by atoms with Crippen LogP contribution in [0.3, 0.4) is 0 Å². The summed E-state index contributed by atoms with van der Waals surface area (Å²) in [5, 5.41) is 0.699. The zero-order valence-electron chi connectivity index (χ0n) is 11.6. The van der Waals surface area contributed by atoms with Gasteiger partial charge in [-0.1, -0.05) is 29.8 Å². The molecule has 0 saturated carbocycles. The van der Waals surface area contributed by atoms with E-state index in [4.69, 9.17) is 26.8 Å². The lowest BCUT2D eigenvalue weighted by Gasteiger charge is -2.13. The molecule has 0 aliphatic carbocycles. The summed E-state index contributed by atoms with van der Waals surface area (Å²) in [5.41, 5.74) is 7.88. The van der Waals surface area contributed by atoms with Crippen molar-refractivity contribution in [1.29, 1.82) is 0 Å². The molecular weight excluding hydrogens is 274 g/mol. The molecule has 0 aliphatic heterocycles. The molecule has 2 aromatic rings. The van der Waals surface area contributed by atoms with E-state index in [0.29, 0.717) is 23.1 Å². The zero-order chi connectivity index (χ0) is 14.5. The second kappa shape index (κ2) is 6.64. The largest absolute Gasteiger partial charge is 0.493 e. The molecule has 1 atom stereocenters. The molecule has 0 spiro atoms. The first-order valence-electron chi connectivity index (χ1n) is 6.41. The van der Waals surface area contributed by atoms with Crippen molar-refractivity contribution in [3.63, 3.8) is 0 Å². The summed E-state index contributed by atoms with van der Waals surface area (Å²) in [6, 6.07) is 13.3. The molecule has 0 saturated heterocycles. The summed E-state index contributed by atoms with van der Waals surface area (Å²) >= 11 is 5.95. The maximum atomic E-state index is 5.95. The summed E-state index contributed by atoms with van der Waals surface area (Å²) in [5.74, 6) is 1.37. The highest BCUT2D eigenvalue weighted by Gasteiger charge is 2.08. The van der Waals surface area contributed by atoms with Crippen LogP contribution in [0.25, 0.3) is 0 Å². The minimum atomic E-state index is -0.0362. The fourth-order valence-electron chi connectivity index (χ4n) is 1.87. The third-order valence-electron chi connectivity index (χ3n) is 3.00. The molecule has 4 heteroatoms. The number of benzene rings is 2. The Hall–Kier alpha value is -1.71. The zero-order valence-corrected chi connectivity index (χ0v) is 12.4. The predicted octanol–water partition coefficient (Wildman–Crippen LogP) is 3.95. The van der Waals surface area contributed by atoms with E-state index in [-0.39, 0.29) is 6.04 Å². The number of halogens is 1. The second-order valence-corrected chi connectivity index (χ2v) is 5.05. The van der Waals surface area contributed by atoms with E-state index < -0.39 is 0 Å². The molecular formula is C16H18ClNO2. The van der Waals surface area contributed by atoms with Gasteiger partial charge in [-0.2, -0.15) is 0 Å². The van der Waals surface area contributed by atoms with Crippen LogP contribution in [0.5, 0.6) is 11.5 Å². The van der Waals surface area contributed by atoms with Gasteiger partial charge in [-0.15, -0.1) is 0 Å². The topological polar surface area (TPSA) is 44.5 Å². The highest BCUT2D eigenvalue weighted by molar-refractivity contribution is 6.30. The van der Waals surface area contributed by atoms with Crippen LogP contribution < -0.4 is 15.2 Å². The number of rotatable bonds is 5. The van der Waals surface area contributed by atoms with Crippen LogP contribution in [0.4, 0.5) is 0 Å². The molecule has 0 radical (unpaired) electrons. The Morgan fingerprint density at radius 1 is 1.15 bits per heavy atom. The highest BCUT2D eigenvalue weighted by Crippen LogP contribution is 2.30. The Morgan fingerprint density at radius 3 is 2.60 bits per heavy atom. The van der Waals surface area contributed by atoms with E-state index >= 15 is 0 Å². The molecule has 106 valence electrons. The fraction of sp³-hybridized carbons (Fsp3) is 0.250. The summed E-state index contributed by atoms with van der Waals surface area (Å²) in [7, 11) is 1.62. The Labute approximate surface area is 124 Å². The standard InChI is InChI=1S/C16H18ClNO2/c1-11(18)13-6-7-15(16(9-13)19-2)20-10-12-4-3-5-14(17)8-12/h3-9,11H,10,18H2,1-2H3/t11-/m1/s1. The first-order chi connectivity index (χ1) is 9.60. The summed E-state index contributed by atoms with van der Waals surface area (Å²) in [6.45, 7) is 2.37. The molecule has 2 N–H and O–H groups in total. The van der Waals surface area contributed by atoms with Gasteiger partial charge < -0.3 is 15.2 Å². The smallest absolute Gasteiger partial charge is 0.161 e. The Kier molecular flexibility index (Phi) is 4.88. The summed E-state index contributed by atoms with van der Waals surface area (Å²) < 4.78 is 11.1. The molecule has 3 nitrogen and oxygen atoms in total. The Balaban J connectivity index is 2.13. The molecule has 0 aliphatic rings. The van der Waals surface area contributed by atoms with Crippen LogP contribution in [0.15, 0.2) is 42.5 Å². The molecule has 0 heterocycles. The fourth-order valence-corrected chi connectivity index (χ4v) is 2.09. The van der Waals surface area contributed by atoms with Crippen LogP contribution >= 0.6 is 11.6 Å². The van der Waals surface area contributed by atoms with Gasteiger partial charge >= 0.3 is 0 Å². The molecule has 0 bridgehead atoms. The molecule has 0 amide bonds. The van der Waals surface area contributed by atoms with E-state index in [2.05, 4.69) is 0 Å². The van der Waals surface area contributed by atoms with Crippen molar-refractivity contribution >= 4 is 11.6 Å². The normalized spacial score (nSPS) is 12.0. The Morgan fingerprint density at radius 2 is 1.95 bits per heavy atom. The van der Waals surface area contributed by atoms with E-state index in [9.17, 15) is 0 Å². The van der Waals surface area contributed by atoms with Crippen molar-refractivity contribution < 1.29 is 9.47 Å². The molecule has 0 unspecified atom stereocenters. The minimum Gasteiger partial charge on any atom is -0.493 e. The quantitative estimate of drug-likeness (QED) is 0.907. The lowest BCUT2D eigenvalue weighted by atomic mass is 10.1. The lowest BCUT2D eigenvalue weighted by Crippen LogP contribution is -2.05. The van der Waals surface area contributed by atoms with E-state index in [1.165, 1.54) is 0 Å². The second-order valence-electron chi connectivity index (χ2n) is 4.62. The van der Waals surface area contributed by atoms with Crippen LogP contribution in [-0.2, 0) is 6.61 Å². The van der Waals surface area contributed by atoms with E-state index in [1.54, 1.807) is 7.11 Å². The lowest BCUT2D eigenvalue weighted by molar-refractivity contribution is 0.284. The van der Waals surface area contributed by atoms with Crippen molar-refractivity contribution in [2.45, 2.75) is 19.6 Å². The third-order valence-corrected chi connectivity index (χ3v) is 3.23. The van der Waals surface area contributed by atoms with Gasteiger partial charge in [0.15, 0.2) is 11.5 Å². The van der Waals surface area contributed by atoms with Crippen molar-refractivity contribution in [2.24, 2.45) is 5.73 Å². The summed E-state index contributed by atoms with van der Waals surface area (Å²) in [4.78, 5) is 0. The van der Waals surface area contributed by atoms with Crippen molar-refractivity contribution in [3.8, 4) is 11.5 Å². The van der Waals surface area contributed by atoms with Gasteiger partial charge in [0.2, 0.25) is 0 Å². The molecule has 0 aromatic heterocycles. The van der Waals surface area contributed by atoms with E-state index in [0.717, 1.165) is 11.1 Å². The van der Waals surface area contributed by atoms with Gasteiger partial charge in [-0.05, 0) is 42.3 Å². The van der Waals surface area contributed by atoms with Crippen LogP contribution in [0, 0.1) is 0 Å². The monoisotopic (exact) mass is 291 g/mol. The van der Waals surface area contributed by atoms with Crippen LogP contribution in [0.1, 0.15) is 24.1 Å². The maximum Gasteiger partial charge on any atom is 0.161 e. The van der Waals surface area contributed by atoms with Gasteiger partial charge in [0, 0.05) is 11.1 Å². The van der Waals surface area contributed by atoms with Gasteiger partial charge in [0.05, 0.1) is 7.11 Å². The average molecular weight is 292 g/mol. The first-order valence-corrected chi connectivity index (χ1v) is 6.78. The highest BCUT2D eigenvalue weighted by atomic mass is 35.5. The molecule has 0 fully saturated rings. The van der Waals surface area contributed by atoms with Crippen molar-refractivity contribution in [3.05, 3.63) is 58.6 Å². The van der Waals surface area contributed by atoms with Crippen LogP contribution in [-0.4, -0.2) is 7.11 Å². The summed E-state index contributed by atoms with van der Waals surface area (Å²) in [6.07, 6.45) is 0. The number of hydrogen-bond acceptors (Lipinski definition) is 3. The molecule has 2 aromatic carbocycles. The minimum absolute atomic E-state index is 0.0362. The van der Waals surface area contributed by atoms with Gasteiger partial charge in [-0.25, -0.2) is 0 Å². The maximum absolute atomic E-state index is 5.95. The van der Waals surface area contributed by atoms with Crippen molar-refractivity contribution in [1.82, 2.24) is 0 Å². The number of nitrogens with two attached hydrogens (primary N) is 1. The van der Waals surface area contributed by atoms with Crippen molar-refractivity contribution in [2.75, 3.05) is 7.11 Å². The van der Waals surface area contributed by atoms with Gasteiger partial charge in [0.25, 0.3) is 0 Å². The number of hydrogen-bond donors (Lipinski definition) is 1. The van der Waals surface area contributed by atoms with E-state index in [1.807, 2.05) is 49.4 Å². The average Bonchev–Trinajstić information content (AvgIpc) is 2.45. The third kappa shape index (κ3) is 3.65. The molecule has 20 heavy (non-hydrogen) atoms. The number of methoxy groups -OCH3 is 1. The van der Waals surface area contributed by atoms with Gasteiger partial charge in [0.1, 0.15) is 6.61 Å². The SMILES string of the molecule is COc1cc([C@@H](C)N)ccc1OCc1cccc(Cl)c1. The Bertz CT molecular complexity index is 584. The van der Waals surface area contributed by atoms with Crippen LogP contribution in [0.2, 0.25) is 5.02 Å². The first kappa shape index (κ1) is 14.7. The molecule has 2 rings (SSSR count). The predicted molar refractivity (Wildman–Crippen MR) is 81.4 cm³/mol.